The van der Waals surface area contributed by atoms with Crippen molar-refractivity contribution >= 4 is 0 Å². The van der Waals surface area contributed by atoms with Gasteiger partial charge in [-0.05, 0) is 18.6 Å². The zero-order chi connectivity index (χ0) is 9.26. The summed E-state index contributed by atoms with van der Waals surface area (Å²) in [6.45, 7) is 3.14. The Bertz CT molecular complexity index is 305. The lowest BCUT2D eigenvalue weighted by Gasteiger charge is -2.07. The van der Waals surface area contributed by atoms with E-state index < -0.39 is 0 Å². The number of epoxide rings is 1. The normalized spacial score (nSPS) is 19.9. The van der Waals surface area contributed by atoms with Crippen LogP contribution in [0.4, 0.5) is 0 Å². The Hall–Kier alpha value is -1.22. The molecule has 1 aromatic rings. The van der Waals surface area contributed by atoms with Crippen molar-refractivity contribution in [1.82, 2.24) is 0 Å². The molecular formula is C10H12O3. The number of benzene rings is 1. The van der Waals surface area contributed by atoms with Gasteiger partial charge < -0.3 is 14.6 Å². The van der Waals surface area contributed by atoms with Crippen molar-refractivity contribution in [3.8, 4) is 11.5 Å². The number of para-hydroxylation sites is 1. The molecule has 1 aliphatic heterocycles. The second-order valence-corrected chi connectivity index (χ2v) is 3.19. The molecule has 1 N–H and O–H groups in total. The molecule has 70 valence electrons. The van der Waals surface area contributed by atoms with Crippen LogP contribution in [0.5, 0.6) is 11.5 Å². The minimum absolute atomic E-state index is 0.222. The number of hydrogen-bond donors (Lipinski definition) is 1. The molecule has 0 aliphatic carbocycles. The lowest BCUT2D eigenvalue weighted by molar-refractivity contribution is 0.253. The molecule has 0 amide bonds. The van der Waals surface area contributed by atoms with Crippen LogP contribution in [0.3, 0.4) is 0 Å². The first-order chi connectivity index (χ1) is 6.27. The lowest BCUT2D eigenvalue weighted by atomic mass is 10.2. The van der Waals surface area contributed by atoms with Crippen molar-refractivity contribution in [3.05, 3.63) is 23.8 Å². The summed E-state index contributed by atoms with van der Waals surface area (Å²) in [7, 11) is 0. The third-order valence-electron chi connectivity index (χ3n) is 2.03. The van der Waals surface area contributed by atoms with Crippen LogP contribution in [-0.2, 0) is 4.74 Å². The van der Waals surface area contributed by atoms with E-state index in [4.69, 9.17) is 9.47 Å². The van der Waals surface area contributed by atoms with E-state index in [-0.39, 0.29) is 11.9 Å². The average Bonchev–Trinajstić information content (AvgIpc) is 2.91. The molecule has 0 bridgehead atoms. The molecule has 0 saturated carbocycles. The number of aromatic hydroxyl groups is 1. The van der Waals surface area contributed by atoms with E-state index in [0.717, 1.165) is 12.2 Å². The number of phenolic OH excluding ortho intramolecular Hbond substituents is 1. The molecule has 1 atom stereocenters. The van der Waals surface area contributed by atoms with E-state index >= 15 is 0 Å². The number of ether oxygens (including phenoxy) is 2. The molecule has 1 fully saturated rings. The van der Waals surface area contributed by atoms with Gasteiger partial charge in [0.05, 0.1) is 6.61 Å². The van der Waals surface area contributed by atoms with Crippen molar-refractivity contribution in [3.63, 3.8) is 0 Å². The summed E-state index contributed by atoms with van der Waals surface area (Å²) in [5, 5.41) is 9.57. The largest absolute Gasteiger partial charge is 0.504 e. The molecule has 0 aromatic heterocycles. The smallest absolute Gasteiger partial charge is 0.161 e. The van der Waals surface area contributed by atoms with Gasteiger partial charge in [-0.1, -0.05) is 12.1 Å². The van der Waals surface area contributed by atoms with E-state index in [0.29, 0.717) is 12.4 Å². The van der Waals surface area contributed by atoms with Crippen LogP contribution in [0, 0.1) is 6.92 Å². The standard InChI is InChI=1S/C10H12O3/c1-7-3-2-4-9(10(7)11)13-6-8-5-12-8/h2-4,8,11H,5-6H2,1H3. The van der Waals surface area contributed by atoms with Gasteiger partial charge >= 0.3 is 0 Å². The zero-order valence-corrected chi connectivity index (χ0v) is 7.49. The Kier molecular flexibility index (Phi) is 2.10. The second kappa shape index (κ2) is 3.26. The number of phenols is 1. The van der Waals surface area contributed by atoms with Gasteiger partial charge in [0.15, 0.2) is 11.5 Å². The molecule has 1 heterocycles. The highest BCUT2D eigenvalue weighted by atomic mass is 16.6. The van der Waals surface area contributed by atoms with Gasteiger partial charge in [0.2, 0.25) is 0 Å². The van der Waals surface area contributed by atoms with Gasteiger partial charge in [-0.3, -0.25) is 0 Å². The Morgan fingerprint density at radius 1 is 1.62 bits per heavy atom. The summed E-state index contributed by atoms with van der Waals surface area (Å²) >= 11 is 0. The fourth-order valence-corrected chi connectivity index (χ4v) is 1.10. The van der Waals surface area contributed by atoms with Crippen LogP contribution in [0.25, 0.3) is 0 Å². The Balaban J connectivity index is 2.05. The summed E-state index contributed by atoms with van der Waals surface area (Å²) in [5.74, 6) is 0.763. The van der Waals surface area contributed by atoms with E-state index in [2.05, 4.69) is 0 Å². The van der Waals surface area contributed by atoms with Crippen molar-refractivity contribution in [2.45, 2.75) is 13.0 Å². The van der Waals surface area contributed by atoms with Crippen LogP contribution in [0.1, 0.15) is 5.56 Å². The third-order valence-corrected chi connectivity index (χ3v) is 2.03. The van der Waals surface area contributed by atoms with Crippen LogP contribution in [-0.4, -0.2) is 24.4 Å². The quantitative estimate of drug-likeness (QED) is 0.716. The predicted molar refractivity (Wildman–Crippen MR) is 48.1 cm³/mol. The number of aryl methyl sites for hydroxylation is 1. The van der Waals surface area contributed by atoms with E-state index in [1.807, 2.05) is 19.1 Å². The SMILES string of the molecule is Cc1cccc(OCC2CO2)c1O. The molecule has 2 rings (SSSR count). The van der Waals surface area contributed by atoms with Gasteiger partial charge in [0, 0.05) is 0 Å². The molecular weight excluding hydrogens is 168 g/mol. The topological polar surface area (TPSA) is 42.0 Å². The first-order valence-corrected chi connectivity index (χ1v) is 4.30. The van der Waals surface area contributed by atoms with Gasteiger partial charge in [0.25, 0.3) is 0 Å². The third kappa shape index (κ3) is 1.92. The number of hydrogen-bond acceptors (Lipinski definition) is 3. The van der Waals surface area contributed by atoms with E-state index in [1.165, 1.54) is 0 Å². The van der Waals surface area contributed by atoms with Crippen molar-refractivity contribution in [2.24, 2.45) is 0 Å². The maximum absolute atomic E-state index is 9.57. The van der Waals surface area contributed by atoms with Crippen molar-refractivity contribution in [1.29, 1.82) is 0 Å². The maximum atomic E-state index is 9.57. The molecule has 1 aromatic carbocycles. The number of rotatable bonds is 3. The summed E-state index contributed by atoms with van der Waals surface area (Å²) in [5.41, 5.74) is 0.828. The first-order valence-electron chi connectivity index (χ1n) is 4.30. The summed E-state index contributed by atoms with van der Waals surface area (Å²) < 4.78 is 10.4. The highest BCUT2D eigenvalue weighted by Crippen LogP contribution is 2.29. The van der Waals surface area contributed by atoms with Gasteiger partial charge in [-0.15, -0.1) is 0 Å². The average molecular weight is 180 g/mol. The second-order valence-electron chi connectivity index (χ2n) is 3.19. The Morgan fingerprint density at radius 3 is 3.08 bits per heavy atom. The highest BCUT2D eigenvalue weighted by molar-refractivity contribution is 5.44. The minimum atomic E-state index is 0.222. The zero-order valence-electron chi connectivity index (χ0n) is 7.49. The Labute approximate surface area is 76.9 Å². The van der Waals surface area contributed by atoms with Gasteiger partial charge in [-0.2, -0.15) is 0 Å². The van der Waals surface area contributed by atoms with Crippen molar-refractivity contribution in [2.75, 3.05) is 13.2 Å². The first kappa shape index (κ1) is 8.38. The maximum Gasteiger partial charge on any atom is 0.161 e. The molecule has 3 nitrogen and oxygen atoms in total. The molecule has 0 spiro atoms. The van der Waals surface area contributed by atoms with E-state index in [9.17, 15) is 5.11 Å². The van der Waals surface area contributed by atoms with Crippen molar-refractivity contribution < 1.29 is 14.6 Å². The molecule has 1 aliphatic rings. The molecule has 3 heteroatoms. The van der Waals surface area contributed by atoms with Crippen LogP contribution < -0.4 is 4.74 Å². The monoisotopic (exact) mass is 180 g/mol. The minimum Gasteiger partial charge on any atom is -0.504 e. The van der Waals surface area contributed by atoms with Crippen LogP contribution >= 0.6 is 0 Å². The van der Waals surface area contributed by atoms with Crippen LogP contribution in [0.15, 0.2) is 18.2 Å². The summed E-state index contributed by atoms with van der Waals surface area (Å²) in [6.07, 6.45) is 0.222. The van der Waals surface area contributed by atoms with E-state index in [1.54, 1.807) is 6.07 Å². The molecule has 1 unspecified atom stereocenters. The molecule has 13 heavy (non-hydrogen) atoms. The molecule has 1 saturated heterocycles. The fraction of sp³-hybridized carbons (Fsp3) is 0.400. The lowest BCUT2D eigenvalue weighted by Crippen LogP contribution is -2.04. The van der Waals surface area contributed by atoms with Gasteiger partial charge in [-0.25, -0.2) is 0 Å². The fourth-order valence-electron chi connectivity index (χ4n) is 1.10. The Morgan fingerprint density at radius 2 is 2.38 bits per heavy atom. The van der Waals surface area contributed by atoms with Gasteiger partial charge in [0.1, 0.15) is 12.7 Å². The highest BCUT2D eigenvalue weighted by Gasteiger charge is 2.23. The predicted octanol–water partition coefficient (Wildman–Crippen LogP) is 1.48. The van der Waals surface area contributed by atoms with Crippen LogP contribution in [0.2, 0.25) is 0 Å². The summed E-state index contributed by atoms with van der Waals surface area (Å²) in [4.78, 5) is 0. The summed E-state index contributed by atoms with van der Waals surface area (Å²) in [6, 6.07) is 5.46. The molecule has 0 radical (unpaired) electrons.